The van der Waals surface area contributed by atoms with Gasteiger partial charge in [-0.25, -0.2) is 4.68 Å². The Hall–Kier alpha value is -2.43. The van der Waals surface area contributed by atoms with Gasteiger partial charge in [0.1, 0.15) is 0 Å². The average Bonchev–Trinajstić information content (AvgIpc) is 3.16. The SMILES string of the molecule is COCCN(Cc1ccc(C)cc1)Cc1cccc(-n2cccn2)c1. The van der Waals surface area contributed by atoms with E-state index < -0.39 is 0 Å². The van der Waals surface area contributed by atoms with E-state index in [0.29, 0.717) is 0 Å². The van der Waals surface area contributed by atoms with E-state index in [0.717, 1.165) is 31.9 Å². The van der Waals surface area contributed by atoms with Crippen molar-refractivity contribution in [3.05, 3.63) is 83.7 Å². The molecule has 0 saturated carbocycles. The quantitative estimate of drug-likeness (QED) is 0.627. The molecule has 3 rings (SSSR count). The number of nitrogens with zero attached hydrogens (tertiary/aromatic N) is 3. The van der Waals surface area contributed by atoms with Crippen molar-refractivity contribution in [2.24, 2.45) is 0 Å². The van der Waals surface area contributed by atoms with Crippen LogP contribution in [0.5, 0.6) is 0 Å². The second-order valence-corrected chi connectivity index (χ2v) is 6.31. The summed E-state index contributed by atoms with van der Waals surface area (Å²) in [6, 6.07) is 19.2. The van der Waals surface area contributed by atoms with Gasteiger partial charge >= 0.3 is 0 Å². The highest BCUT2D eigenvalue weighted by molar-refractivity contribution is 5.35. The van der Waals surface area contributed by atoms with Crippen molar-refractivity contribution < 1.29 is 4.74 Å². The van der Waals surface area contributed by atoms with E-state index in [2.05, 4.69) is 65.5 Å². The molecular formula is C21H25N3O. The molecule has 1 aromatic heterocycles. The average molecular weight is 335 g/mol. The number of hydrogen-bond acceptors (Lipinski definition) is 3. The molecule has 0 amide bonds. The second kappa shape index (κ2) is 8.60. The van der Waals surface area contributed by atoms with E-state index in [9.17, 15) is 0 Å². The Morgan fingerprint density at radius 3 is 2.52 bits per heavy atom. The smallest absolute Gasteiger partial charge is 0.0648 e. The molecule has 0 aliphatic rings. The zero-order valence-corrected chi connectivity index (χ0v) is 14.9. The molecule has 1 heterocycles. The Bertz CT molecular complexity index is 766. The van der Waals surface area contributed by atoms with Crippen molar-refractivity contribution in [2.45, 2.75) is 20.0 Å². The molecule has 0 fully saturated rings. The van der Waals surface area contributed by atoms with Gasteiger partial charge in [0.15, 0.2) is 0 Å². The zero-order valence-electron chi connectivity index (χ0n) is 14.9. The number of aryl methyl sites for hydroxylation is 1. The minimum atomic E-state index is 0.727. The number of benzene rings is 2. The summed E-state index contributed by atoms with van der Waals surface area (Å²) < 4.78 is 7.19. The fourth-order valence-electron chi connectivity index (χ4n) is 2.86. The van der Waals surface area contributed by atoms with E-state index in [1.807, 2.05) is 16.9 Å². The van der Waals surface area contributed by atoms with Gasteiger partial charge in [0.2, 0.25) is 0 Å². The number of rotatable bonds is 8. The van der Waals surface area contributed by atoms with Crippen molar-refractivity contribution in [1.82, 2.24) is 14.7 Å². The highest BCUT2D eigenvalue weighted by atomic mass is 16.5. The van der Waals surface area contributed by atoms with Gasteiger partial charge in [-0.3, -0.25) is 4.90 Å². The highest BCUT2D eigenvalue weighted by Crippen LogP contribution is 2.14. The largest absolute Gasteiger partial charge is 0.383 e. The molecule has 130 valence electrons. The fourth-order valence-corrected chi connectivity index (χ4v) is 2.86. The third kappa shape index (κ3) is 5.02. The molecule has 0 N–H and O–H groups in total. The molecular weight excluding hydrogens is 310 g/mol. The summed E-state index contributed by atoms with van der Waals surface area (Å²) in [7, 11) is 1.75. The lowest BCUT2D eigenvalue weighted by atomic mass is 10.1. The molecule has 0 saturated heterocycles. The summed E-state index contributed by atoms with van der Waals surface area (Å²) in [6.07, 6.45) is 3.77. The van der Waals surface area contributed by atoms with Crippen molar-refractivity contribution in [3.63, 3.8) is 0 Å². The first kappa shape index (κ1) is 17.4. The highest BCUT2D eigenvalue weighted by Gasteiger charge is 2.08. The van der Waals surface area contributed by atoms with Gasteiger partial charge in [-0.15, -0.1) is 0 Å². The van der Waals surface area contributed by atoms with Crippen LogP contribution in [0.4, 0.5) is 0 Å². The Kier molecular flexibility index (Phi) is 5.99. The van der Waals surface area contributed by atoms with Gasteiger partial charge in [0.05, 0.1) is 12.3 Å². The Morgan fingerprint density at radius 2 is 1.80 bits per heavy atom. The van der Waals surface area contributed by atoms with Crippen molar-refractivity contribution in [2.75, 3.05) is 20.3 Å². The molecule has 0 aliphatic carbocycles. The van der Waals surface area contributed by atoms with Gasteiger partial charge in [0, 0.05) is 39.1 Å². The van der Waals surface area contributed by atoms with Crippen molar-refractivity contribution >= 4 is 0 Å². The van der Waals surface area contributed by atoms with E-state index in [1.54, 1.807) is 13.3 Å². The standard InChI is InChI=1S/C21H25N3O/c1-18-7-9-19(10-8-18)16-23(13-14-25-2)17-20-5-3-6-21(15-20)24-12-4-11-22-24/h3-12,15H,13-14,16-17H2,1-2H3. The second-order valence-electron chi connectivity index (χ2n) is 6.31. The lowest BCUT2D eigenvalue weighted by molar-refractivity contribution is 0.140. The number of methoxy groups -OCH3 is 1. The first-order chi connectivity index (χ1) is 12.2. The molecule has 0 atom stereocenters. The number of hydrogen-bond donors (Lipinski definition) is 0. The van der Waals surface area contributed by atoms with Crippen molar-refractivity contribution in [3.8, 4) is 5.69 Å². The summed E-state index contributed by atoms with van der Waals surface area (Å²) in [5, 5.41) is 4.32. The molecule has 4 heteroatoms. The molecule has 0 aliphatic heterocycles. The third-order valence-electron chi connectivity index (χ3n) is 4.22. The van der Waals surface area contributed by atoms with E-state index in [4.69, 9.17) is 4.74 Å². The number of ether oxygens (including phenoxy) is 1. The maximum atomic E-state index is 5.29. The van der Waals surface area contributed by atoms with E-state index in [1.165, 1.54) is 16.7 Å². The molecule has 2 aromatic carbocycles. The topological polar surface area (TPSA) is 30.3 Å². The van der Waals surface area contributed by atoms with Crippen LogP contribution < -0.4 is 0 Å². The van der Waals surface area contributed by atoms with E-state index >= 15 is 0 Å². The summed E-state index contributed by atoms with van der Waals surface area (Å²) in [6.45, 7) is 5.54. The molecule has 0 radical (unpaired) electrons. The zero-order chi connectivity index (χ0) is 17.5. The summed E-state index contributed by atoms with van der Waals surface area (Å²) in [4.78, 5) is 2.41. The summed E-state index contributed by atoms with van der Waals surface area (Å²) >= 11 is 0. The molecule has 3 aromatic rings. The Balaban J connectivity index is 1.73. The normalized spacial score (nSPS) is 11.2. The van der Waals surface area contributed by atoms with Crippen LogP contribution in [0.15, 0.2) is 67.0 Å². The van der Waals surface area contributed by atoms with Crippen LogP contribution in [-0.4, -0.2) is 34.9 Å². The van der Waals surface area contributed by atoms with Crippen LogP contribution >= 0.6 is 0 Å². The minimum absolute atomic E-state index is 0.727. The monoisotopic (exact) mass is 335 g/mol. The minimum Gasteiger partial charge on any atom is -0.383 e. The van der Waals surface area contributed by atoms with Crippen LogP contribution in [-0.2, 0) is 17.8 Å². The predicted octanol–water partition coefficient (Wildman–Crippen LogP) is 3.83. The van der Waals surface area contributed by atoms with Crippen LogP contribution in [0, 0.1) is 6.92 Å². The lowest BCUT2D eigenvalue weighted by Gasteiger charge is -2.22. The molecule has 4 nitrogen and oxygen atoms in total. The van der Waals surface area contributed by atoms with Gasteiger partial charge in [-0.2, -0.15) is 5.10 Å². The summed E-state index contributed by atoms with van der Waals surface area (Å²) in [5.41, 5.74) is 4.98. The van der Waals surface area contributed by atoms with Crippen LogP contribution in [0.2, 0.25) is 0 Å². The van der Waals surface area contributed by atoms with Gasteiger partial charge in [0.25, 0.3) is 0 Å². The maximum absolute atomic E-state index is 5.29. The summed E-state index contributed by atoms with van der Waals surface area (Å²) in [5.74, 6) is 0. The number of aromatic nitrogens is 2. The van der Waals surface area contributed by atoms with E-state index in [-0.39, 0.29) is 0 Å². The van der Waals surface area contributed by atoms with Gasteiger partial charge in [-0.05, 0) is 36.2 Å². The fraction of sp³-hybridized carbons (Fsp3) is 0.286. The molecule has 0 spiro atoms. The molecule has 0 bridgehead atoms. The van der Waals surface area contributed by atoms with Crippen molar-refractivity contribution in [1.29, 1.82) is 0 Å². The van der Waals surface area contributed by atoms with Crippen LogP contribution in [0.1, 0.15) is 16.7 Å². The molecule has 25 heavy (non-hydrogen) atoms. The first-order valence-corrected chi connectivity index (χ1v) is 8.60. The van der Waals surface area contributed by atoms with Crippen LogP contribution in [0.3, 0.4) is 0 Å². The predicted molar refractivity (Wildman–Crippen MR) is 101 cm³/mol. The lowest BCUT2D eigenvalue weighted by Crippen LogP contribution is -2.26. The van der Waals surface area contributed by atoms with Crippen LogP contribution in [0.25, 0.3) is 5.69 Å². The first-order valence-electron chi connectivity index (χ1n) is 8.60. The van der Waals surface area contributed by atoms with Gasteiger partial charge in [-0.1, -0.05) is 42.0 Å². The third-order valence-corrected chi connectivity index (χ3v) is 4.22. The maximum Gasteiger partial charge on any atom is 0.0648 e. The van der Waals surface area contributed by atoms with Gasteiger partial charge < -0.3 is 4.74 Å². The Labute approximate surface area is 149 Å². The molecule has 0 unspecified atom stereocenters. The Morgan fingerprint density at radius 1 is 1.00 bits per heavy atom.